The Kier molecular flexibility index (Phi) is 4.96. The monoisotopic (exact) mass is 406 g/mol. The minimum absolute atomic E-state index is 0.0162. The van der Waals surface area contributed by atoms with Gasteiger partial charge in [0, 0.05) is 50.7 Å². The zero-order valence-electron chi connectivity index (χ0n) is 17.3. The first-order valence-electron chi connectivity index (χ1n) is 10.5. The molecule has 0 bridgehead atoms. The fourth-order valence-corrected chi connectivity index (χ4v) is 4.54. The van der Waals surface area contributed by atoms with Gasteiger partial charge in [-0.3, -0.25) is 24.6 Å². The SMILES string of the molecule is C[C@@H]1CN(c2nc3c(c(=O)[nH]2)CCN(Cc2cccc4nccnc24)C3)C[C@H](C)O1. The molecule has 0 saturated carbocycles. The topological polar surface area (TPSA) is 87.2 Å². The van der Waals surface area contributed by atoms with E-state index < -0.39 is 0 Å². The Labute approximate surface area is 174 Å². The number of hydrogen-bond acceptors (Lipinski definition) is 7. The van der Waals surface area contributed by atoms with E-state index in [1.165, 1.54) is 0 Å². The minimum Gasteiger partial charge on any atom is -0.372 e. The van der Waals surface area contributed by atoms with Gasteiger partial charge < -0.3 is 9.64 Å². The van der Waals surface area contributed by atoms with Crippen molar-refractivity contribution in [1.82, 2.24) is 24.8 Å². The fourth-order valence-electron chi connectivity index (χ4n) is 4.54. The van der Waals surface area contributed by atoms with Crippen molar-refractivity contribution in [3.63, 3.8) is 0 Å². The van der Waals surface area contributed by atoms with Crippen molar-refractivity contribution in [1.29, 1.82) is 0 Å². The van der Waals surface area contributed by atoms with Crippen LogP contribution in [0, 0.1) is 0 Å². The molecule has 0 unspecified atom stereocenters. The van der Waals surface area contributed by atoms with Crippen LogP contribution in [0.3, 0.4) is 0 Å². The number of aromatic amines is 1. The van der Waals surface area contributed by atoms with Crippen LogP contribution in [0.4, 0.5) is 5.95 Å². The van der Waals surface area contributed by atoms with Gasteiger partial charge in [-0.25, -0.2) is 4.98 Å². The minimum atomic E-state index is -0.0162. The third-order valence-electron chi connectivity index (χ3n) is 5.84. The molecule has 0 spiro atoms. The Bertz CT molecular complexity index is 1110. The van der Waals surface area contributed by atoms with Crippen LogP contribution in [-0.4, -0.2) is 56.7 Å². The molecule has 2 atom stereocenters. The number of nitrogens with one attached hydrogen (secondary N) is 1. The van der Waals surface area contributed by atoms with Crippen LogP contribution < -0.4 is 10.5 Å². The molecule has 2 aliphatic rings. The van der Waals surface area contributed by atoms with Crippen molar-refractivity contribution in [3.8, 4) is 0 Å². The second-order valence-corrected chi connectivity index (χ2v) is 8.28. The Morgan fingerprint density at radius 2 is 1.97 bits per heavy atom. The lowest BCUT2D eigenvalue weighted by molar-refractivity contribution is -0.00576. The molecule has 2 aromatic heterocycles. The van der Waals surface area contributed by atoms with Gasteiger partial charge >= 0.3 is 0 Å². The predicted octanol–water partition coefficient (Wildman–Crippen LogP) is 1.88. The summed E-state index contributed by atoms with van der Waals surface area (Å²) in [7, 11) is 0. The highest BCUT2D eigenvalue weighted by Crippen LogP contribution is 2.22. The number of nitrogens with zero attached hydrogens (tertiary/aromatic N) is 5. The van der Waals surface area contributed by atoms with Gasteiger partial charge in [0.15, 0.2) is 0 Å². The molecule has 1 fully saturated rings. The molecule has 8 heteroatoms. The van der Waals surface area contributed by atoms with Gasteiger partial charge in [-0.1, -0.05) is 12.1 Å². The lowest BCUT2D eigenvalue weighted by Gasteiger charge is -2.36. The van der Waals surface area contributed by atoms with Crippen molar-refractivity contribution < 1.29 is 4.74 Å². The third-order valence-corrected chi connectivity index (χ3v) is 5.84. The number of hydrogen-bond donors (Lipinski definition) is 1. The standard InChI is InChI=1S/C22H26N6O2/c1-14-10-28(11-15(2)30-14)22-25-19-13-27(9-6-17(19)21(29)26-22)12-16-4-3-5-18-20(16)24-8-7-23-18/h3-5,7-8,14-15H,6,9-13H2,1-2H3,(H,25,26,29)/t14-,15+. The third kappa shape index (κ3) is 3.68. The maximum absolute atomic E-state index is 12.7. The first kappa shape index (κ1) is 19.1. The van der Waals surface area contributed by atoms with Crippen molar-refractivity contribution in [2.75, 3.05) is 24.5 Å². The van der Waals surface area contributed by atoms with Gasteiger partial charge in [0.05, 0.1) is 28.9 Å². The lowest BCUT2D eigenvalue weighted by atomic mass is 10.1. The maximum Gasteiger partial charge on any atom is 0.255 e. The summed E-state index contributed by atoms with van der Waals surface area (Å²) < 4.78 is 5.82. The van der Waals surface area contributed by atoms with Crippen LogP contribution in [0.1, 0.15) is 30.7 Å². The van der Waals surface area contributed by atoms with Gasteiger partial charge in [-0.05, 0) is 31.9 Å². The summed E-state index contributed by atoms with van der Waals surface area (Å²) in [4.78, 5) is 34.0. The molecule has 0 aliphatic carbocycles. The maximum atomic E-state index is 12.7. The molecule has 0 radical (unpaired) electrons. The molecule has 30 heavy (non-hydrogen) atoms. The highest BCUT2D eigenvalue weighted by molar-refractivity contribution is 5.77. The van der Waals surface area contributed by atoms with Gasteiger partial charge in [0.1, 0.15) is 0 Å². The Balaban J connectivity index is 1.40. The molecule has 156 valence electrons. The van der Waals surface area contributed by atoms with Crippen molar-refractivity contribution in [2.45, 2.75) is 45.6 Å². The predicted molar refractivity (Wildman–Crippen MR) is 114 cm³/mol. The highest BCUT2D eigenvalue weighted by atomic mass is 16.5. The number of para-hydroxylation sites is 1. The van der Waals surface area contributed by atoms with Gasteiger partial charge in [0.2, 0.25) is 5.95 Å². The molecule has 5 rings (SSSR count). The van der Waals surface area contributed by atoms with Crippen LogP contribution >= 0.6 is 0 Å². The van der Waals surface area contributed by atoms with E-state index in [0.29, 0.717) is 18.9 Å². The molecule has 1 saturated heterocycles. The van der Waals surface area contributed by atoms with E-state index in [0.717, 1.165) is 54.0 Å². The van der Waals surface area contributed by atoms with E-state index in [2.05, 4.69) is 30.8 Å². The number of anilines is 1. The molecule has 4 heterocycles. The second kappa shape index (κ2) is 7.77. The van der Waals surface area contributed by atoms with Crippen molar-refractivity contribution >= 4 is 17.0 Å². The lowest BCUT2D eigenvalue weighted by Crippen LogP contribution is -2.47. The molecule has 3 aromatic rings. The van der Waals surface area contributed by atoms with E-state index >= 15 is 0 Å². The van der Waals surface area contributed by atoms with Crippen LogP contribution in [0.15, 0.2) is 35.4 Å². The highest BCUT2D eigenvalue weighted by Gasteiger charge is 2.27. The number of benzene rings is 1. The first-order chi connectivity index (χ1) is 14.6. The van der Waals surface area contributed by atoms with Gasteiger partial charge in [0.25, 0.3) is 5.56 Å². The van der Waals surface area contributed by atoms with Crippen LogP contribution in [0.2, 0.25) is 0 Å². The van der Waals surface area contributed by atoms with Crippen molar-refractivity contribution in [2.24, 2.45) is 0 Å². The van der Waals surface area contributed by atoms with Crippen LogP contribution in [0.5, 0.6) is 0 Å². The summed E-state index contributed by atoms with van der Waals surface area (Å²) in [5.74, 6) is 0.652. The molecular weight excluding hydrogens is 380 g/mol. The molecule has 1 N–H and O–H groups in total. The number of morpholine rings is 1. The molecule has 0 amide bonds. The number of aromatic nitrogens is 4. The number of ether oxygens (including phenoxy) is 1. The zero-order chi connectivity index (χ0) is 20.7. The summed E-state index contributed by atoms with van der Waals surface area (Å²) in [6, 6.07) is 6.10. The number of rotatable bonds is 3. The van der Waals surface area contributed by atoms with Gasteiger partial charge in [-0.2, -0.15) is 0 Å². The molecule has 1 aromatic carbocycles. The fraction of sp³-hybridized carbons (Fsp3) is 0.455. The summed E-state index contributed by atoms with van der Waals surface area (Å²) in [5, 5.41) is 0. The summed E-state index contributed by atoms with van der Waals surface area (Å²) in [6.07, 6.45) is 4.37. The van der Waals surface area contributed by atoms with E-state index in [4.69, 9.17) is 9.72 Å². The molecular formula is C22H26N6O2. The van der Waals surface area contributed by atoms with E-state index in [-0.39, 0.29) is 17.8 Å². The van der Waals surface area contributed by atoms with E-state index in [1.807, 2.05) is 26.0 Å². The summed E-state index contributed by atoms with van der Waals surface area (Å²) in [5.41, 5.74) is 4.64. The molecule has 8 nitrogen and oxygen atoms in total. The average molecular weight is 406 g/mol. The van der Waals surface area contributed by atoms with Gasteiger partial charge in [-0.15, -0.1) is 0 Å². The zero-order valence-corrected chi connectivity index (χ0v) is 17.3. The normalized spacial score (nSPS) is 22.3. The van der Waals surface area contributed by atoms with Crippen LogP contribution in [0.25, 0.3) is 11.0 Å². The van der Waals surface area contributed by atoms with E-state index in [9.17, 15) is 4.79 Å². The summed E-state index contributed by atoms with van der Waals surface area (Å²) >= 11 is 0. The second-order valence-electron chi connectivity index (χ2n) is 8.28. The number of H-pyrrole nitrogens is 1. The first-order valence-corrected chi connectivity index (χ1v) is 10.5. The van der Waals surface area contributed by atoms with E-state index in [1.54, 1.807) is 12.4 Å². The smallest absolute Gasteiger partial charge is 0.255 e. The Morgan fingerprint density at radius 3 is 2.80 bits per heavy atom. The number of fused-ring (bicyclic) bond motifs is 2. The quantitative estimate of drug-likeness (QED) is 0.711. The Hall–Kier alpha value is -2.84. The van der Waals surface area contributed by atoms with Crippen LogP contribution in [-0.2, 0) is 24.2 Å². The molecule has 2 aliphatic heterocycles. The summed E-state index contributed by atoms with van der Waals surface area (Å²) in [6.45, 7) is 7.78. The largest absolute Gasteiger partial charge is 0.372 e. The average Bonchev–Trinajstić information content (AvgIpc) is 2.73. The Morgan fingerprint density at radius 1 is 1.17 bits per heavy atom. The van der Waals surface area contributed by atoms with Crippen molar-refractivity contribution in [3.05, 3.63) is 57.8 Å².